The predicted molar refractivity (Wildman–Crippen MR) is 71.8 cm³/mol. The van der Waals surface area contributed by atoms with Gasteiger partial charge in [0.2, 0.25) is 0 Å². The first-order chi connectivity index (χ1) is 8.57. The van der Waals surface area contributed by atoms with Crippen LogP contribution < -0.4 is 0 Å². The first-order valence-electron chi connectivity index (χ1n) is 6.73. The molecule has 0 bridgehead atoms. The lowest BCUT2D eigenvalue weighted by Crippen LogP contribution is -2.32. The van der Waals surface area contributed by atoms with Crippen LogP contribution in [0, 0.1) is 29.6 Å². The van der Waals surface area contributed by atoms with Crippen LogP contribution in [0.3, 0.4) is 0 Å². The van der Waals surface area contributed by atoms with E-state index in [-0.39, 0.29) is 0 Å². The molecule has 18 heavy (non-hydrogen) atoms. The topological polar surface area (TPSA) is 44.0 Å². The molecule has 1 aromatic carbocycles. The number of aliphatic hydroxyl groups excluding tert-OH is 1. The van der Waals surface area contributed by atoms with E-state index in [1.165, 1.54) is 0 Å². The smallest absolute Gasteiger partial charge is 0.0976 e. The summed E-state index contributed by atoms with van der Waals surface area (Å²) < 4.78 is 0. The van der Waals surface area contributed by atoms with E-state index in [0.29, 0.717) is 5.92 Å². The van der Waals surface area contributed by atoms with E-state index in [1.807, 2.05) is 31.2 Å². The highest BCUT2D eigenvalue weighted by molar-refractivity contribution is 5.27. The van der Waals surface area contributed by atoms with Gasteiger partial charge in [-0.2, -0.15) is 5.26 Å². The standard InChI is InChI=1S/C16H21NO/c1-12-6-8-16(11-17,9-7-12)15(18)14-5-3-4-13(2)10-14/h3-5,10,12,15,18H,6-9H2,1-2H3. The van der Waals surface area contributed by atoms with E-state index >= 15 is 0 Å². The second-order valence-electron chi connectivity index (χ2n) is 5.77. The highest BCUT2D eigenvalue weighted by Gasteiger charge is 2.41. The summed E-state index contributed by atoms with van der Waals surface area (Å²) in [5.74, 6) is 0.677. The maximum absolute atomic E-state index is 10.6. The van der Waals surface area contributed by atoms with E-state index in [1.54, 1.807) is 0 Å². The molecule has 0 aliphatic heterocycles. The van der Waals surface area contributed by atoms with Gasteiger partial charge in [0, 0.05) is 0 Å². The van der Waals surface area contributed by atoms with Gasteiger partial charge in [-0.05, 0) is 44.1 Å². The van der Waals surface area contributed by atoms with Crippen LogP contribution in [-0.4, -0.2) is 5.11 Å². The predicted octanol–water partition coefficient (Wildman–Crippen LogP) is 3.75. The van der Waals surface area contributed by atoms with Gasteiger partial charge in [-0.25, -0.2) is 0 Å². The molecule has 0 amide bonds. The molecular formula is C16H21NO. The van der Waals surface area contributed by atoms with Gasteiger partial charge >= 0.3 is 0 Å². The number of aryl methyl sites for hydroxylation is 1. The van der Waals surface area contributed by atoms with E-state index in [2.05, 4.69) is 13.0 Å². The van der Waals surface area contributed by atoms with Gasteiger partial charge in [-0.1, -0.05) is 36.8 Å². The Balaban J connectivity index is 2.26. The highest BCUT2D eigenvalue weighted by atomic mass is 16.3. The third-order valence-corrected chi connectivity index (χ3v) is 4.27. The molecule has 1 aromatic rings. The molecule has 2 nitrogen and oxygen atoms in total. The molecule has 1 N–H and O–H groups in total. The SMILES string of the molecule is Cc1cccc(C(O)C2(C#N)CCC(C)CC2)c1. The summed E-state index contributed by atoms with van der Waals surface area (Å²) in [5, 5.41) is 20.1. The Morgan fingerprint density at radius 3 is 2.61 bits per heavy atom. The Kier molecular flexibility index (Phi) is 3.73. The van der Waals surface area contributed by atoms with Gasteiger partial charge < -0.3 is 5.11 Å². The third kappa shape index (κ3) is 2.42. The lowest BCUT2D eigenvalue weighted by Gasteiger charge is -2.37. The van der Waals surface area contributed by atoms with Gasteiger partial charge in [0.05, 0.1) is 17.6 Å². The first-order valence-corrected chi connectivity index (χ1v) is 6.73. The first kappa shape index (κ1) is 13.1. The summed E-state index contributed by atoms with van der Waals surface area (Å²) >= 11 is 0. The lowest BCUT2D eigenvalue weighted by molar-refractivity contribution is 0.0266. The molecule has 0 saturated heterocycles. The zero-order valence-corrected chi connectivity index (χ0v) is 11.2. The third-order valence-electron chi connectivity index (χ3n) is 4.27. The van der Waals surface area contributed by atoms with Gasteiger partial charge in [0.1, 0.15) is 0 Å². The van der Waals surface area contributed by atoms with Crippen molar-refractivity contribution < 1.29 is 5.11 Å². The molecule has 1 saturated carbocycles. The molecule has 0 radical (unpaired) electrons. The molecule has 1 aliphatic rings. The number of hydrogen-bond donors (Lipinski definition) is 1. The van der Waals surface area contributed by atoms with E-state index < -0.39 is 11.5 Å². The van der Waals surface area contributed by atoms with Crippen molar-refractivity contribution in [2.24, 2.45) is 11.3 Å². The van der Waals surface area contributed by atoms with Gasteiger partial charge in [-0.3, -0.25) is 0 Å². The molecule has 1 aliphatic carbocycles. The maximum Gasteiger partial charge on any atom is 0.0976 e. The van der Waals surface area contributed by atoms with Crippen molar-refractivity contribution in [1.29, 1.82) is 5.26 Å². The second-order valence-corrected chi connectivity index (χ2v) is 5.77. The van der Waals surface area contributed by atoms with Crippen LogP contribution >= 0.6 is 0 Å². The van der Waals surface area contributed by atoms with Crippen molar-refractivity contribution in [1.82, 2.24) is 0 Å². The van der Waals surface area contributed by atoms with Gasteiger partial charge in [0.15, 0.2) is 0 Å². The molecule has 2 heteroatoms. The zero-order chi connectivity index (χ0) is 13.2. The summed E-state index contributed by atoms with van der Waals surface area (Å²) in [7, 11) is 0. The highest BCUT2D eigenvalue weighted by Crippen LogP contribution is 2.47. The van der Waals surface area contributed by atoms with Crippen molar-refractivity contribution in [3.05, 3.63) is 35.4 Å². The van der Waals surface area contributed by atoms with Crippen molar-refractivity contribution in [2.75, 3.05) is 0 Å². The van der Waals surface area contributed by atoms with E-state index in [9.17, 15) is 10.4 Å². The largest absolute Gasteiger partial charge is 0.387 e. The molecule has 1 atom stereocenters. The van der Waals surface area contributed by atoms with Crippen LogP contribution in [0.2, 0.25) is 0 Å². The minimum absolute atomic E-state index is 0.583. The Morgan fingerprint density at radius 2 is 2.06 bits per heavy atom. The number of nitriles is 1. The molecule has 96 valence electrons. The quantitative estimate of drug-likeness (QED) is 0.859. The zero-order valence-electron chi connectivity index (χ0n) is 11.2. The minimum Gasteiger partial charge on any atom is -0.387 e. The Labute approximate surface area is 109 Å². The molecule has 0 heterocycles. The van der Waals surface area contributed by atoms with Crippen LogP contribution in [0.25, 0.3) is 0 Å². The Hall–Kier alpha value is -1.33. The Morgan fingerprint density at radius 1 is 1.39 bits per heavy atom. The number of aliphatic hydroxyl groups is 1. The number of hydrogen-bond acceptors (Lipinski definition) is 2. The number of benzene rings is 1. The van der Waals surface area contributed by atoms with Gasteiger partial charge in [0.25, 0.3) is 0 Å². The normalized spacial score (nSPS) is 29.6. The van der Waals surface area contributed by atoms with Crippen molar-refractivity contribution in [3.8, 4) is 6.07 Å². The number of nitrogens with zero attached hydrogens (tertiary/aromatic N) is 1. The van der Waals surface area contributed by atoms with Crippen LogP contribution in [0.15, 0.2) is 24.3 Å². The van der Waals surface area contributed by atoms with Crippen LogP contribution in [0.4, 0.5) is 0 Å². The molecule has 1 unspecified atom stereocenters. The average molecular weight is 243 g/mol. The Bertz CT molecular complexity index is 452. The van der Waals surface area contributed by atoms with Crippen molar-refractivity contribution in [3.63, 3.8) is 0 Å². The molecule has 1 fully saturated rings. The fraction of sp³-hybridized carbons (Fsp3) is 0.562. The summed E-state index contributed by atoms with van der Waals surface area (Å²) in [5.41, 5.74) is 1.43. The lowest BCUT2D eigenvalue weighted by atomic mass is 9.67. The summed E-state index contributed by atoms with van der Waals surface area (Å²) in [6, 6.07) is 10.3. The summed E-state index contributed by atoms with van der Waals surface area (Å²) in [6.07, 6.45) is 3.03. The minimum atomic E-state index is -0.658. The van der Waals surface area contributed by atoms with Crippen LogP contribution in [-0.2, 0) is 0 Å². The number of rotatable bonds is 2. The van der Waals surface area contributed by atoms with Crippen LogP contribution in [0.1, 0.15) is 49.8 Å². The molecular weight excluding hydrogens is 222 g/mol. The maximum atomic E-state index is 10.6. The molecule has 2 rings (SSSR count). The second kappa shape index (κ2) is 5.12. The van der Waals surface area contributed by atoms with Crippen LogP contribution in [0.5, 0.6) is 0 Å². The average Bonchev–Trinajstić information content (AvgIpc) is 2.39. The van der Waals surface area contributed by atoms with Crippen molar-refractivity contribution in [2.45, 2.75) is 45.6 Å². The fourth-order valence-electron chi connectivity index (χ4n) is 2.88. The fourth-order valence-corrected chi connectivity index (χ4v) is 2.88. The summed E-state index contributed by atoms with van der Waals surface area (Å²) in [6.45, 7) is 4.23. The molecule has 0 spiro atoms. The van der Waals surface area contributed by atoms with E-state index in [4.69, 9.17) is 0 Å². The van der Waals surface area contributed by atoms with Crippen molar-refractivity contribution >= 4 is 0 Å². The van der Waals surface area contributed by atoms with Gasteiger partial charge in [-0.15, -0.1) is 0 Å². The monoisotopic (exact) mass is 243 g/mol. The summed E-state index contributed by atoms with van der Waals surface area (Å²) in [4.78, 5) is 0. The van der Waals surface area contributed by atoms with E-state index in [0.717, 1.165) is 36.8 Å². The molecule has 0 aromatic heterocycles.